The van der Waals surface area contributed by atoms with Gasteiger partial charge in [-0.15, -0.1) is 0 Å². The molecular formula is C14H15ClN4O2. The van der Waals surface area contributed by atoms with Gasteiger partial charge in [0.25, 0.3) is 5.91 Å². The van der Waals surface area contributed by atoms with Gasteiger partial charge in [0.05, 0.1) is 30.5 Å². The minimum Gasteiger partial charge on any atom is -0.379 e. The molecule has 0 saturated carbocycles. The van der Waals surface area contributed by atoms with Crippen LogP contribution in [-0.2, 0) is 11.2 Å². The zero-order chi connectivity index (χ0) is 14.7. The Labute approximate surface area is 126 Å². The van der Waals surface area contributed by atoms with Crippen molar-refractivity contribution in [3.05, 3.63) is 47.0 Å². The molecule has 3 heterocycles. The summed E-state index contributed by atoms with van der Waals surface area (Å²) in [4.78, 5) is 16.2. The SMILES string of the molecule is O=C(N[C@H]1COC[C@H]1Cc1ccncc1)c1[nH]ncc1Cl. The van der Waals surface area contributed by atoms with Crippen LogP contribution in [0.25, 0.3) is 0 Å². The van der Waals surface area contributed by atoms with Crippen molar-refractivity contribution in [2.45, 2.75) is 12.5 Å². The van der Waals surface area contributed by atoms with Crippen LogP contribution in [0, 0.1) is 5.92 Å². The number of pyridine rings is 1. The molecule has 0 aromatic carbocycles. The first-order valence-electron chi connectivity index (χ1n) is 6.70. The van der Waals surface area contributed by atoms with Crippen molar-refractivity contribution in [3.63, 3.8) is 0 Å². The number of hydrogen-bond donors (Lipinski definition) is 2. The van der Waals surface area contributed by atoms with Gasteiger partial charge in [0.1, 0.15) is 5.69 Å². The van der Waals surface area contributed by atoms with E-state index in [1.54, 1.807) is 12.4 Å². The molecule has 3 rings (SSSR count). The first-order chi connectivity index (χ1) is 10.2. The molecule has 1 fully saturated rings. The smallest absolute Gasteiger partial charge is 0.271 e. The first kappa shape index (κ1) is 14.0. The molecule has 1 aliphatic heterocycles. The highest BCUT2D eigenvalue weighted by atomic mass is 35.5. The minimum absolute atomic E-state index is 0.0370. The van der Waals surface area contributed by atoms with Crippen LogP contribution in [0.1, 0.15) is 16.1 Å². The fourth-order valence-electron chi connectivity index (χ4n) is 2.45. The van der Waals surface area contributed by atoms with E-state index in [0.717, 1.165) is 6.42 Å². The van der Waals surface area contributed by atoms with E-state index in [9.17, 15) is 4.79 Å². The quantitative estimate of drug-likeness (QED) is 0.896. The summed E-state index contributed by atoms with van der Waals surface area (Å²) in [7, 11) is 0. The van der Waals surface area contributed by atoms with Crippen molar-refractivity contribution >= 4 is 17.5 Å². The Morgan fingerprint density at radius 2 is 2.24 bits per heavy atom. The second kappa shape index (κ2) is 6.24. The highest BCUT2D eigenvalue weighted by molar-refractivity contribution is 6.33. The van der Waals surface area contributed by atoms with Crippen LogP contribution >= 0.6 is 11.6 Å². The minimum atomic E-state index is -0.257. The third kappa shape index (κ3) is 3.22. The largest absolute Gasteiger partial charge is 0.379 e. The predicted molar refractivity (Wildman–Crippen MR) is 77.1 cm³/mol. The number of ether oxygens (including phenoxy) is 1. The van der Waals surface area contributed by atoms with Crippen molar-refractivity contribution < 1.29 is 9.53 Å². The third-order valence-electron chi connectivity index (χ3n) is 3.58. The maximum atomic E-state index is 12.1. The number of H-pyrrole nitrogens is 1. The van der Waals surface area contributed by atoms with Crippen molar-refractivity contribution in [1.82, 2.24) is 20.5 Å². The average molecular weight is 307 g/mol. The molecule has 0 aliphatic carbocycles. The monoisotopic (exact) mass is 306 g/mol. The summed E-state index contributed by atoms with van der Waals surface area (Å²) in [5.74, 6) is -0.0224. The molecule has 1 amide bonds. The molecule has 6 nitrogen and oxygen atoms in total. The lowest BCUT2D eigenvalue weighted by Gasteiger charge is -2.18. The molecule has 2 aromatic heterocycles. The van der Waals surface area contributed by atoms with Gasteiger partial charge in [0.15, 0.2) is 0 Å². The van der Waals surface area contributed by atoms with Crippen molar-refractivity contribution in [2.24, 2.45) is 5.92 Å². The van der Waals surface area contributed by atoms with E-state index in [2.05, 4.69) is 20.5 Å². The Kier molecular flexibility index (Phi) is 4.17. The predicted octanol–water partition coefficient (Wildman–Crippen LogP) is 1.45. The Morgan fingerprint density at radius 1 is 1.43 bits per heavy atom. The summed E-state index contributed by atoms with van der Waals surface area (Å²) in [6.07, 6.45) is 5.78. The molecule has 7 heteroatoms. The van der Waals surface area contributed by atoms with Gasteiger partial charge < -0.3 is 10.1 Å². The van der Waals surface area contributed by atoms with Crippen LogP contribution in [0.5, 0.6) is 0 Å². The molecule has 2 aromatic rings. The zero-order valence-corrected chi connectivity index (χ0v) is 12.0. The fraction of sp³-hybridized carbons (Fsp3) is 0.357. The fourth-order valence-corrected chi connectivity index (χ4v) is 2.63. The van der Waals surface area contributed by atoms with Crippen molar-refractivity contribution in [1.29, 1.82) is 0 Å². The topological polar surface area (TPSA) is 79.9 Å². The Morgan fingerprint density at radius 3 is 2.95 bits per heavy atom. The van der Waals surface area contributed by atoms with Crippen molar-refractivity contribution in [2.75, 3.05) is 13.2 Å². The van der Waals surface area contributed by atoms with Crippen molar-refractivity contribution in [3.8, 4) is 0 Å². The number of aromatic amines is 1. The summed E-state index contributed by atoms with van der Waals surface area (Å²) in [5, 5.41) is 9.62. The lowest BCUT2D eigenvalue weighted by molar-refractivity contribution is 0.0920. The Hall–Kier alpha value is -1.92. The summed E-state index contributed by atoms with van der Waals surface area (Å²) >= 11 is 5.89. The normalized spacial score (nSPS) is 21.4. The molecule has 21 heavy (non-hydrogen) atoms. The van der Waals surface area contributed by atoms with E-state index in [0.29, 0.717) is 18.2 Å². The lowest BCUT2D eigenvalue weighted by atomic mass is 9.95. The van der Waals surface area contributed by atoms with Gasteiger partial charge in [-0.3, -0.25) is 14.9 Å². The van der Waals surface area contributed by atoms with Crippen LogP contribution in [0.3, 0.4) is 0 Å². The molecular weight excluding hydrogens is 292 g/mol. The lowest BCUT2D eigenvalue weighted by Crippen LogP contribution is -2.40. The van der Waals surface area contributed by atoms with E-state index in [-0.39, 0.29) is 23.6 Å². The Balaban J connectivity index is 1.64. The van der Waals surface area contributed by atoms with Crippen LogP contribution in [-0.4, -0.2) is 40.3 Å². The number of carbonyl (C=O) groups excluding carboxylic acids is 1. The number of halogens is 1. The molecule has 1 aliphatic rings. The van der Waals surface area contributed by atoms with Crippen LogP contribution < -0.4 is 5.32 Å². The number of nitrogens with one attached hydrogen (secondary N) is 2. The average Bonchev–Trinajstić information content (AvgIpc) is 3.10. The molecule has 0 radical (unpaired) electrons. The van der Waals surface area contributed by atoms with E-state index in [1.807, 2.05) is 12.1 Å². The molecule has 110 valence electrons. The molecule has 2 atom stereocenters. The zero-order valence-electron chi connectivity index (χ0n) is 11.3. The van der Waals surface area contributed by atoms with E-state index in [4.69, 9.17) is 16.3 Å². The van der Waals surface area contributed by atoms with Crippen LogP contribution in [0.4, 0.5) is 0 Å². The number of nitrogens with zero attached hydrogens (tertiary/aromatic N) is 2. The van der Waals surface area contributed by atoms with Gasteiger partial charge in [-0.2, -0.15) is 5.10 Å². The summed E-state index contributed by atoms with van der Waals surface area (Å²) in [6, 6.07) is 3.91. The van der Waals surface area contributed by atoms with Gasteiger partial charge in [0.2, 0.25) is 0 Å². The molecule has 0 spiro atoms. The molecule has 0 bridgehead atoms. The maximum Gasteiger partial charge on any atom is 0.271 e. The number of amides is 1. The number of carbonyl (C=O) groups is 1. The van der Waals surface area contributed by atoms with Gasteiger partial charge in [-0.1, -0.05) is 11.6 Å². The van der Waals surface area contributed by atoms with Gasteiger partial charge >= 0.3 is 0 Å². The molecule has 2 N–H and O–H groups in total. The highest BCUT2D eigenvalue weighted by Gasteiger charge is 2.30. The number of aromatic nitrogens is 3. The summed E-state index contributed by atoms with van der Waals surface area (Å²) in [6.45, 7) is 1.14. The van der Waals surface area contributed by atoms with E-state index < -0.39 is 0 Å². The first-order valence-corrected chi connectivity index (χ1v) is 7.08. The van der Waals surface area contributed by atoms with Gasteiger partial charge in [-0.25, -0.2) is 0 Å². The highest BCUT2D eigenvalue weighted by Crippen LogP contribution is 2.20. The summed E-state index contributed by atoms with van der Waals surface area (Å²) in [5.41, 5.74) is 1.46. The van der Waals surface area contributed by atoms with Gasteiger partial charge in [0, 0.05) is 18.3 Å². The molecule has 0 unspecified atom stereocenters. The third-order valence-corrected chi connectivity index (χ3v) is 3.87. The van der Waals surface area contributed by atoms with E-state index in [1.165, 1.54) is 11.8 Å². The Bertz CT molecular complexity index is 616. The summed E-state index contributed by atoms with van der Waals surface area (Å²) < 4.78 is 5.50. The van der Waals surface area contributed by atoms with Crippen LogP contribution in [0.15, 0.2) is 30.7 Å². The van der Waals surface area contributed by atoms with Crippen LogP contribution in [0.2, 0.25) is 5.02 Å². The number of rotatable bonds is 4. The van der Waals surface area contributed by atoms with Gasteiger partial charge in [-0.05, 0) is 24.1 Å². The van der Waals surface area contributed by atoms with E-state index >= 15 is 0 Å². The second-order valence-corrected chi connectivity index (χ2v) is 5.44. The standard InChI is InChI=1S/C14H15ClN4O2/c15-11-6-17-19-13(11)14(20)18-12-8-21-7-10(12)5-9-1-3-16-4-2-9/h1-4,6,10,12H,5,7-8H2,(H,17,19)(H,18,20)/t10-,12+/m1/s1. The maximum absolute atomic E-state index is 12.1. The second-order valence-electron chi connectivity index (χ2n) is 5.03. The molecule has 1 saturated heterocycles. The number of hydrogen-bond acceptors (Lipinski definition) is 4.